The molecule has 0 aliphatic heterocycles. The van der Waals surface area contributed by atoms with E-state index >= 15 is 0 Å². The van der Waals surface area contributed by atoms with E-state index in [4.69, 9.17) is 5.11 Å². The third-order valence-electron chi connectivity index (χ3n) is 1.10. The highest BCUT2D eigenvalue weighted by molar-refractivity contribution is 7.71. The molecule has 1 aromatic rings. The van der Waals surface area contributed by atoms with E-state index in [-0.39, 0.29) is 10.5 Å². The second-order valence-corrected chi connectivity index (χ2v) is 2.43. The van der Waals surface area contributed by atoms with Gasteiger partial charge in [0.05, 0.1) is 6.42 Å². The van der Waals surface area contributed by atoms with Crippen molar-refractivity contribution >= 4 is 18.2 Å². The molecule has 1 aromatic heterocycles. The Kier molecular flexibility index (Phi) is 2.34. The molecule has 0 atom stereocenters. The van der Waals surface area contributed by atoms with Gasteiger partial charge in [-0.05, 0) is 12.2 Å². The van der Waals surface area contributed by atoms with Gasteiger partial charge in [0.25, 0.3) is 5.56 Å². The van der Waals surface area contributed by atoms with Gasteiger partial charge in [-0.25, -0.2) is 0 Å². The van der Waals surface area contributed by atoms with Crippen molar-refractivity contribution < 1.29 is 9.90 Å². The lowest BCUT2D eigenvalue weighted by atomic mass is 10.3. The number of H-pyrrole nitrogens is 2. The van der Waals surface area contributed by atoms with E-state index in [2.05, 4.69) is 27.4 Å². The zero-order valence-corrected chi connectivity index (χ0v) is 6.64. The summed E-state index contributed by atoms with van der Waals surface area (Å²) in [6.45, 7) is 0. The van der Waals surface area contributed by atoms with E-state index in [1.807, 2.05) is 0 Å². The van der Waals surface area contributed by atoms with Gasteiger partial charge < -0.3 is 5.11 Å². The number of hydrogen-bond acceptors (Lipinski definition) is 4. The zero-order chi connectivity index (χ0) is 9.14. The van der Waals surface area contributed by atoms with Crippen LogP contribution in [0.25, 0.3) is 0 Å². The fourth-order valence-corrected chi connectivity index (χ4v) is 0.774. The molecule has 0 amide bonds. The topological polar surface area (TPSA) is 98.8 Å². The fourth-order valence-electron chi connectivity index (χ4n) is 0.635. The number of nitrogens with one attached hydrogen (secondary N) is 2. The van der Waals surface area contributed by atoms with E-state index in [1.54, 1.807) is 0 Å². The quantitative estimate of drug-likeness (QED) is 0.540. The van der Waals surface area contributed by atoms with Crippen molar-refractivity contribution in [2.75, 3.05) is 0 Å². The van der Waals surface area contributed by atoms with Gasteiger partial charge in [-0.15, -0.1) is 0 Å². The average molecular weight is 187 g/mol. The van der Waals surface area contributed by atoms with Crippen LogP contribution in [0, 0.1) is 4.77 Å². The van der Waals surface area contributed by atoms with Crippen LogP contribution in [0.2, 0.25) is 0 Å². The van der Waals surface area contributed by atoms with Crippen LogP contribution in [0.1, 0.15) is 5.69 Å². The van der Waals surface area contributed by atoms with Gasteiger partial charge in [-0.2, -0.15) is 5.10 Å². The first-order valence-corrected chi connectivity index (χ1v) is 3.40. The average Bonchev–Trinajstić information content (AvgIpc) is 1.94. The molecule has 3 N–H and O–H groups in total. The first-order chi connectivity index (χ1) is 5.59. The number of rotatable bonds is 2. The minimum Gasteiger partial charge on any atom is -0.481 e. The van der Waals surface area contributed by atoms with Crippen LogP contribution in [0.3, 0.4) is 0 Å². The molecule has 0 saturated heterocycles. The van der Waals surface area contributed by atoms with Crippen LogP contribution in [0.5, 0.6) is 0 Å². The number of hydrogen-bond donors (Lipinski definition) is 3. The van der Waals surface area contributed by atoms with Crippen LogP contribution >= 0.6 is 12.2 Å². The van der Waals surface area contributed by atoms with E-state index in [9.17, 15) is 9.59 Å². The first-order valence-electron chi connectivity index (χ1n) is 2.99. The van der Waals surface area contributed by atoms with Crippen molar-refractivity contribution in [2.45, 2.75) is 6.42 Å². The zero-order valence-electron chi connectivity index (χ0n) is 5.83. The summed E-state index contributed by atoms with van der Waals surface area (Å²) in [6, 6.07) is 0. The van der Waals surface area contributed by atoms with E-state index in [1.165, 1.54) is 0 Å². The summed E-state index contributed by atoms with van der Waals surface area (Å²) in [5, 5.41) is 14.1. The molecule has 7 heteroatoms. The second-order valence-electron chi connectivity index (χ2n) is 2.02. The lowest BCUT2D eigenvalue weighted by molar-refractivity contribution is -0.136. The van der Waals surface area contributed by atoms with Gasteiger partial charge in [0.15, 0.2) is 4.77 Å². The van der Waals surface area contributed by atoms with Crippen molar-refractivity contribution in [3.8, 4) is 0 Å². The largest absolute Gasteiger partial charge is 0.481 e. The predicted molar refractivity (Wildman–Crippen MR) is 41.4 cm³/mol. The minimum absolute atomic E-state index is 0.0779. The predicted octanol–water partition coefficient (Wildman–Crippen LogP) is -0.545. The standard InChI is InChI=1S/C5H5N3O3S/c9-3(10)1-2-4(11)6-5(12)8-7-2/h1H2,(H,9,10)(H2,6,8,11,12). The van der Waals surface area contributed by atoms with E-state index in [0.29, 0.717) is 0 Å². The number of nitrogens with zero attached hydrogens (tertiary/aromatic N) is 1. The summed E-state index contributed by atoms with van der Waals surface area (Å²) in [5.74, 6) is -1.11. The molecule has 0 fully saturated rings. The van der Waals surface area contributed by atoms with Crippen molar-refractivity contribution in [1.82, 2.24) is 15.2 Å². The Hall–Kier alpha value is -1.50. The van der Waals surface area contributed by atoms with Gasteiger partial charge in [0, 0.05) is 0 Å². The lowest BCUT2D eigenvalue weighted by Crippen LogP contribution is -2.19. The van der Waals surface area contributed by atoms with E-state index in [0.717, 1.165) is 0 Å². The van der Waals surface area contributed by atoms with Crippen molar-refractivity contribution in [3.63, 3.8) is 0 Å². The molecule has 6 nitrogen and oxygen atoms in total. The molecule has 12 heavy (non-hydrogen) atoms. The number of carboxylic acids is 1. The number of aromatic amines is 2. The monoisotopic (exact) mass is 187 g/mol. The Balaban J connectivity index is 3.10. The fraction of sp³-hybridized carbons (Fsp3) is 0.200. The third kappa shape index (κ3) is 1.99. The smallest absolute Gasteiger partial charge is 0.309 e. The summed E-state index contributed by atoms with van der Waals surface area (Å²) in [7, 11) is 0. The van der Waals surface area contributed by atoms with Gasteiger partial charge in [0.1, 0.15) is 5.69 Å². The molecule has 64 valence electrons. The minimum atomic E-state index is -1.11. The SMILES string of the molecule is O=C(O)Cc1n[nH]c(=S)[nH]c1=O. The van der Waals surface area contributed by atoms with Crippen molar-refractivity contribution in [2.24, 2.45) is 0 Å². The molecular formula is C5H5N3O3S. The van der Waals surface area contributed by atoms with Crippen molar-refractivity contribution in [1.29, 1.82) is 0 Å². The maximum atomic E-state index is 10.9. The molecule has 0 spiro atoms. The highest BCUT2D eigenvalue weighted by atomic mass is 32.1. The van der Waals surface area contributed by atoms with Crippen LogP contribution in [0.15, 0.2) is 4.79 Å². The Morgan fingerprint density at radius 2 is 2.33 bits per heavy atom. The van der Waals surface area contributed by atoms with Gasteiger partial charge >= 0.3 is 5.97 Å². The molecule has 0 unspecified atom stereocenters. The summed E-state index contributed by atoms with van der Waals surface area (Å²) in [4.78, 5) is 23.3. The highest BCUT2D eigenvalue weighted by Gasteiger charge is 2.05. The van der Waals surface area contributed by atoms with Gasteiger partial charge in [0.2, 0.25) is 0 Å². The molecular weight excluding hydrogens is 182 g/mol. The Labute approximate surface area is 71.3 Å². The Bertz CT molecular complexity index is 407. The molecule has 0 bridgehead atoms. The third-order valence-corrected chi connectivity index (χ3v) is 1.29. The Morgan fingerprint density at radius 1 is 1.67 bits per heavy atom. The number of aliphatic carboxylic acids is 1. The maximum Gasteiger partial charge on any atom is 0.309 e. The van der Waals surface area contributed by atoms with Crippen LogP contribution in [0.4, 0.5) is 0 Å². The van der Waals surface area contributed by atoms with Gasteiger partial charge in [-0.1, -0.05) is 0 Å². The molecule has 0 aliphatic rings. The molecule has 0 aromatic carbocycles. The summed E-state index contributed by atoms with van der Waals surface area (Å²) >= 11 is 4.55. The normalized spacial score (nSPS) is 9.67. The van der Waals surface area contributed by atoms with Crippen LogP contribution in [-0.4, -0.2) is 26.3 Å². The number of carboxylic acid groups (broad SMARTS) is 1. The Morgan fingerprint density at radius 3 is 2.83 bits per heavy atom. The highest BCUT2D eigenvalue weighted by Crippen LogP contribution is 1.83. The summed E-state index contributed by atoms with van der Waals surface area (Å²) in [6.07, 6.45) is -0.415. The molecule has 0 radical (unpaired) electrons. The summed E-state index contributed by atoms with van der Waals surface area (Å²) in [5.41, 5.74) is -0.655. The van der Waals surface area contributed by atoms with Gasteiger partial charge in [-0.3, -0.25) is 19.7 Å². The maximum absolute atomic E-state index is 10.9. The summed E-state index contributed by atoms with van der Waals surface area (Å²) < 4.78 is 0.0779. The first kappa shape index (κ1) is 8.60. The molecule has 0 aliphatic carbocycles. The van der Waals surface area contributed by atoms with Crippen molar-refractivity contribution in [3.05, 3.63) is 20.8 Å². The van der Waals surface area contributed by atoms with Crippen LogP contribution in [-0.2, 0) is 11.2 Å². The molecule has 1 rings (SSSR count). The lowest BCUT2D eigenvalue weighted by Gasteiger charge is -1.92. The second kappa shape index (κ2) is 3.26. The van der Waals surface area contributed by atoms with E-state index < -0.39 is 17.9 Å². The number of aromatic nitrogens is 3. The molecule has 0 saturated carbocycles. The van der Waals surface area contributed by atoms with Crippen LogP contribution < -0.4 is 5.56 Å². The molecule has 1 heterocycles. The number of carbonyl (C=O) groups is 1.